The van der Waals surface area contributed by atoms with Gasteiger partial charge in [-0.2, -0.15) is 5.10 Å². The molecule has 0 saturated carbocycles. The quantitative estimate of drug-likeness (QED) is 0.626. The summed E-state index contributed by atoms with van der Waals surface area (Å²) in [5.41, 5.74) is 0.413. The van der Waals surface area contributed by atoms with E-state index in [0.29, 0.717) is 0 Å². The van der Waals surface area contributed by atoms with Gasteiger partial charge in [0, 0.05) is 7.05 Å². The monoisotopic (exact) mass is 200 g/mol. The van der Waals surface area contributed by atoms with E-state index in [-0.39, 0.29) is 11.3 Å². The molecule has 1 aromatic rings. The highest BCUT2D eigenvalue weighted by molar-refractivity contribution is 5.90. The standard InChI is InChI=1S/C8H12N2O4/c1-10-7(6(12)4-11)5(3-9-10)8(13)14-2/h3,6,11-12H,4H2,1-2H3. The smallest absolute Gasteiger partial charge is 0.341 e. The van der Waals surface area contributed by atoms with E-state index in [9.17, 15) is 9.90 Å². The Morgan fingerprint density at radius 2 is 2.43 bits per heavy atom. The topological polar surface area (TPSA) is 84.6 Å². The van der Waals surface area contributed by atoms with Gasteiger partial charge in [0.25, 0.3) is 0 Å². The van der Waals surface area contributed by atoms with Crippen LogP contribution in [0.4, 0.5) is 0 Å². The molecule has 0 aliphatic rings. The van der Waals surface area contributed by atoms with Crippen molar-refractivity contribution in [3.63, 3.8) is 0 Å². The number of aliphatic hydroxyl groups excluding tert-OH is 2. The van der Waals surface area contributed by atoms with Crippen molar-refractivity contribution in [2.75, 3.05) is 13.7 Å². The number of carbonyl (C=O) groups is 1. The fraction of sp³-hybridized carbons (Fsp3) is 0.500. The molecule has 0 fully saturated rings. The molecule has 1 rings (SSSR count). The van der Waals surface area contributed by atoms with Crippen LogP contribution in [0.1, 0.15) is 22.2 Å². The minimum absolute atomic E-state index is 0.163. The Balaban J connectivity index is 3.12. The Bertz CT molecular complexity index is 334. The van der Waals surface area contributed by atoms with Crippen molar-refractivity contribution < 1.29 is 19.7 Å². The maximum atomic E-state index is 11.2. The third-order valence-electron chi connectivity index (χ3n) is 1.88. The van der Waals surface area contributed by atoms with Crippen LogP contribution < -0.4 is 0 Å². The predicted molar refractivity (Wildman–Crippen MR) is 46.6 cm³/mol. The fourth-order valence-electron chi connectivity index (χ4n) is 1.20. The lowest BCUT2D eigenvalue weighted by Gasteiger charge is -2.09. The highest BCUT2D eigenvalue weighted by Crippen LogP contribution is 2.17. The largest absolute Gasteiger partial charge is 0.465 e. The van der Waals surface area contributed by atoms with Crippen LogP contribution in [0.3, 0.4) is 0 Å². The first-order valence-corrected chi connectivity index (χ1v) is 4.01. The van der Waals surface area contributed by atoms with Crippen molar-refractivity contribution in [2.45, 2.75) is 6.10 Å². The van der Waals surface area contributed by atoms with Gasteiger partial charge in [0.15, 0.2) is 0 Å². The highest BCUT2D eigenvalue weighted by atomic mass is 16.5. The van der Waals surface area contributed by atoms with E-state index < -0.39 is 18.7 Å². The Hall–Kier alpha value is -1.40. The number of aromatic nitrogens is 2. The van der Waals surface area contributed by atoms with E-state index in [4.69, 9.17) is 5.11 Å². The highest BCUT2D eigenvalue weighted by Gasteiger charge is 2.21. The van der Waals surface area contributed by atoms with Crippen LogP contribution in [-0.2, 0) is 11.8 Å². The number of hydrogen-bond donors (Lipinski definition) is 2. The molecule has 78 valence electrons. The SMILES string of the molecule is COC(=O)c1cnn(C)c1C(O)CO. The zero-order valence-corrected chi connectivity index (χ0v) is 7.97. The van der Waals surface area contributed by atoms with E-state index in [1.54, 1.807) is 7.05 Å². The number of rotatable bonds is 3. The van der Waals surface area contributed by atoms with E-state index in [2.05, 4.69) is 9.84 Å². The Kier molecular flexibility index (Phi) is 3.21. The molecule has 14 heavy (non-hydrogen) atoms. The summed E-state index contributed by atoms with van der Waals surface area (Å²) in [5.74, 6) is -0.583. The second kappa shape index (κ2) is 4.21. The summed E-state index contributed by atoms with van der Waals surface area (Å²) < 4.78 is 5.83. The molecule has 2 N–H and O–H groups in total. The number of carbonyl (C=O) groups excluding carboxylic acids is 1. The zero-order valence-electron chi connectivity index (χ0n) is 7.97. The van der Waals surface area contributed by atoms with Crippen LogP contribution in [0.15, 0.2) is 6.20 Å². The third-order valence-corrected chi connectivity index (χ3v) is 1.88. The predicted octanol–water partition coefficient (Wildman–Crippen LogP) is -0.768. The molecule has 0 spiro atoms. The van der Waals surface area contributed by atoms with Crippen molar-refractivity contribution >= 4 is 5.97 Å². The van der Waals surface area contributed by atoms with Gasteiger partial charge < -0.3 is 14.9 Å². The number of hydrogen-bond acceptors (Lipinski definition) is 5. The fourth-order valence-corrected chi connectivity index (χ4v) is 1.20. The molecule has 0 saturated heterocycles. The van der Waals surface area contributed by atoms with Crippen molar-refractivity contribution in [3.05, 3.63) is 17.5 Å². The maximum absolute atomic E-state index is 11.2. The normalized spacial score (nSPS) is 12.6. The minimum atomic E-state index is -1.13. The lowest BCUT2D eigenvalue weighted by atomic mass is 10.1. The van der Waals surface area contributed by atoms with Gasteiger partial charge >= 0.3 is 5.97 Å². The summed E-state index contributed by atoms with van der Waals surface area (Å²) in [4.78, 5) is 11.2. The van der Waals surface area contributed by atoms with Gasteiger partial charge in [-0.25, -0.2) is 4.79 Å². The van der Waals surface area contributed by atoms with Gasteiger partial charge in [-0.3, -0.25) is 4.68 Å². The summed E-state index contributed by atoms with van der Waals surface area (Å²) in [6.07, 6.45) is 0.164. The van der Waals surface area contributed by atoms with Crippen LogP contribution in [0.2, 0.25) is 0 Å². The van der Waals surface area contributed by atoms with Crippen LogP contribution >= 0.6 is 0 Å². The van der Waals surface area contributed by atoms with E-state index in [0.717, 1.165) is 0 Å². The molecule has 0 aromatic carbocycles. The molecule has 0 aliphatic heterocycles. The second-order valence-corrected chi connectivity index (χ2v) is 2.76. The molecule has 0 aliphatic carbocycles. The van der Waals surface area contributed by atoms with Gasteiger partial charge in [-0.05, 0) is 0 Å². The first kappa shape index (κ1) is 10.7. The molecule has 1 heterocycles. The van der Waals surface area contributed by atoms with Gasteiger partial charge in [0.2, 0.25) is 0 Å². The molecular weight excluding hydrogens is 188 g/mol. The van der Waals surface area contributed by atoms with Crippen LogP contribution in [0.25, 0.3) is 0 Å². The van der Waals surface area contributed by atoms with Crippen LogP contribution in [0.5, 0.6) is 0 Å². The Morgan fingerprint density at radius 1 is 1.79 bits per heavy atom. The van der Waals surface area contributed by atoms with Crippen molar-refractivity contribution in [3.8, 4) is 0 Å². The molecule has 1 atom stereocenters. The third kappa shape index (κ3) is 1.75. The molecule has 1 unspecified atom stereocenters. The summed E-state index contributed by atoms with van der Waals surface area (Å²) in [5, 5.41) is 22.0. The number of nitrogens with zero attached hydrogens (tertiary/aromatic N) is 2. The summed E-state index contributed by atoms with van der Waals surface area (Å²) in [7, 11) is 2.81. The van der Waals surface area contributed by atoms with Gasteiger partial charge in [0.05, 0.1) is 25.6 Å². The molecule has 0 radical (unpaired) electrons. The molecule has 0 bridgehead atoms. The van der Waals surface area contributed by atoms with Crippen molar-refractivity contribution in [2.24, 2.45) is 7.05 Å². The van der Waals surface area contributed by atoms with E-state index in [1.807, 2.05) is 0 Å². The van der Waals surface area contributed by atoms with Crippen molar-refractivity contribution in [1.29, 1.82) is 0 Å². The summed E-state index contributed by atoms with van der Waals surface area (Å²) >= 11 is 0. The first-order chi connectivity index (χ1) is 6.61. The van der Waals surface area contributed by atoms with Crippen molar-refractivity contribution in [1.82, 2.24) is 9.78 Å². The average Bonchev–Trinajstić information content (AvgIpc) is 2.58. The number of ether oxygens (including phenoxy) is 1. The van der Waals surface area contributed by atoms with Gasteiger partial charge in [-0.15, -0.1) is 0 Å². The molecule has 6 nitrogen and oxygen atoms in total. The second-order valence-electron chi connectivity index (χ2n) is 2.76. The lowest BCUT2D eigenvalue weighted by molar-refractivity contribution is 0.0578. The van der Waals surface area contributed by atoms with Gasteiger partial charge in [-0.1, -0.05) is 0 Å². The number of methoxy groups -OCH3 is 1. The summed E-state index contributed by atoms with van der Waals surface area (Å²) in [6.45, 7) is -0.469. The molecule has 1 aromatic heterocycles. The molecule has 0 amide bonds. The Labute approximate surface area is 80.7 Å². The number of aryl methyl sites for hydroxylation is 1. The first-order valence-electron chi connectivity index (χ1n) is 4.01. The molecular formula is C8H12N2O4. The van der Waals surface area contributed by atoms with E-state index >= 15 is 0 Å². The Morgan fingerprint density at radius 3 is 2.93 bits per heavy atom. The van der Waals surface area contributed by atoms with Crippen LogP contribution in [0, 0.1) is 0 Å². The van der Waals surface area contributed by atoms with Crippen LogP contribution in [-0.4, -0.2) is 39.7 Å². The molecule has 6 heteroatoms. The van der Waals surface area contributed by atoms with Gasteiger partial charge in [0.1, 0.15) is 11.7 Å². The number of esters is 1. The van der Waals surface area contributed by atoms with E-state index in [1.165, 1.54) is 18.0 Å². The maximum Gasteiger partial charge on any atom is 0.341 e. The lowest BCUT2D eigenvalue weighted by Crippen LogP contribution is -2.14. The summed E-state index contributed by atoms with van der Waals surface area (Å²) in [6, 6.07) is 0. The number of aliphatic hydroxyl groups is 2. The minimum Gasteiger partial charge on any atom is -0.465 e. The average molecular weight is 200 g/mol. The zero-order chi connectivity index (χ0) is 10.7.